The van der Waals surface area contributed by atoms with E-state index in [0.717, 1.165) is 16.8 Å². The van der Waals surface area contributed by atoms with Gasteiger partial charge in [-0.2, -0.15) is 5.10 Å². The van der Waals surface area contributed by atoms with Gasteiger partial charge in [0.05, 0.1) is 29.7 Å². The Kier molecular flexibility index (Phi) is 5.73. The maximum absolute atomic E-state index is 13.8. The Morgan fingerprint density at radius 1 is 1.19 bits per heavy atom. The van der Waals surface area contributed by atoms with E-state index >= 15 is 0 Å². The number of pyridine rings is 2. The highest BCUT2D eigenvalue weighted by molar-refractivity contribution is 9.10. The second kappa shape index (κ2) is 8.47. The highest BCUT2D eigenvalue weighted by atomic mass is 79.9. The molecular weight excluding hydrogens is 458 g/mol. The summed E-state index contributed by atoms with van der Waals surface area (Å²) < 4.78 is 0.532. The molecule has 2 N–H and O–H groups in total. The van der Waals surface area contributed by atoms with E-state index in [9.17, 15) is 9.59 Å². The summed E-state index contributed by atoms with van der Waals surface area (Å²) in [6.07, 6.45) is 1.59. The zero-order chi connectivity index (χ0) is 22.1. The molecule has 8 heteroatoms. The van der Waals surface area contributed by atoms with E-state index in [-0.39, 0.29) is 24.1 Å². The van der Waals surface area contributed by atoms with Gasteiger partial charge in [0.25, 0.3) is 11.5 Å². The second-order valence-corrected chi connectivity index (χ2v) is 8.40. The minimum atomic E-state index is -0.261. The first-order valence-electron chi connectivity index (χ1n) is 9.90. The lowest BCUT2D eigenvalue weighted by Gasteiger charge is -2.30. The third-order valence-electron chi connectivity index (χ3n) is 5.45. The minimum absolute atomic E-state index is 0.176. The van der Waals surface area contributed by atoms with Crippen LogP contribution in [0.15, 0.2) is 58.1 Å². The molecule has 0 aliphatic carbocycles. The molecule has 0 bridgehead atoms. The van der Waals surface area contributed by atoms with Crippen molar-refractivity contribution in [2.45, 2.75) is 33.4 Å². The molecule has 0 saturated heterocycles. The van der Waals surface area contributed by atoms with Crippen molar-refractivity contribution in [3.8, 4) is 0 Å². The van der Waals surface area contributed by atoms with Crippen LogP contribution >= 0.6 is 15.9 Å². The fourth-order valence-corrected chi connectivity index (χ4v) is 4.18. The summed E-state index contributed by atoms with van der Waals surface area (Å²) in [5.74, 6) is -0.203. The predicted octanol–water partition coefficient (Wildman–Crippen LogP) is 4.43. The summed E-state index contributed by atoms with van der Waals surface area (Å²) >= 11 is 3.38. The van der Waals surface area contributed by atoms with Crippen molar-refractivity contribution in [2.24, 2.45) is 0 Å². The average Bonchev–Trinajstić information content (AvgIpc) is 3.21. The first-order valence-corrected chi connectivity index (χ1v) is 10.7. The van der Waals surface area contributed by atoms with Gasteiger partial charge in [0.1, 0.15) is 4.60 Å². The minimum Gasteiger partial charge on any atom is -0.327 e. The number of aryl methyl sites for hydroxylation is 2. The van der Waals surface area contributed by atoms with Gasteiger partial charge in [-0.25, -0.2) is 4.98 Å². The Balaban J connectivity index is 1.83. The second-order valence-electron chi connectivity index (χ2n) is 7.59. The van der Waals surface area contributed by atoms with Crippen LogP contribution in [0.4, 0.5) is 0 Å². The molecule has 1 aromatic carbocycles. The van der Waals surface area contributed by atoms with Gasteiger partial charge in [-0.05, 0) is 60.0 Å². The normalized spacial score (nSPS) is 12.1. The van der Waals surface area contributed by atoms with E-state index in [1.54, 1.807) is 17.2 Å². The van der Waals surface area contributed by atoms with E-state index in [4.69, 9.17) is 0 Å². The number of hydrogen-bond acceptors (Lipinski definition) is 4. The number of aromatic amines is 2. The van der Waals surface area contributed by atoms with E-state index in [0.29, 0.717) is 26.8 Å². The molecule has 31 heavy (non-hydrogen) atoms. The Morgan fingerprint density at radius 3 is 2.65 bits per heavy atom. The summed E-state index contributed by atoms with van der Waals surface area (Å²) in [6.45, 7) is 5.88. The Bertz CT molecular complexity index is 1310. The topological polar surface area (TPSA) is 94.7 Å². The summed E-state index contributed by atoms with van der Waals surface area (Å²) in [7, 11) is 0. The molecule has 0 spiro atoms. The number of benzene rings is 1. The highest BCUT2D eigenvalue weighted by Gasteiger charge is 2.27. The zero-order valence-corrected chi connectivity index (χ0v) is 19.0. The number of fused-ring (bicyclic) bond motifs is 1. The van der Waals surface area contributed by atoms with Crippen LogP contribution < -0.4 is 5.56 Å². The summed E-state index contributed by atoms with van der Waals surface area (Å²) in [4.78, 5) is 35.5. The molecule has 0 radical (unpaired) electrons. The van der Waals surface area contributed by atoms with Crippen molar-refractivity contribution in [1.29, 1.82) is 0 Å². The number of hydrogen-bond donors (Lipinski definition) is 2. The monoisotopic (exact) mass is 479 g/mol. The molecule has 0 fully saturated rings. The predicted molar refractivity (Wildman–Crippen MR) is 123 cm³/mol. The molecule has 3 heterocycles. The molecular formula is C23H22BrN5O2. The molecule has 4 aromatic rings. The Morgan fingerprint density at radius 2 is 1.94 bits per heavy atom. The molecule has 0 saturated carbocycles. The maximum Gasteiger partial charge on any atom is 0.255 e. The lowest BCUT2D eigenvalue weighted by atomic mass is 10.0. The van der Waals surface area contributed by atoms with Crippen LogP contribution in [0.2, 0.25) is 0 Å². The van der Waals surface area contributed by atoms with Crippen molar-refractivity contribution in [1.82, 2.24) is 25.1 Å². The number of nitrogens with one attached hydrogen (secondary N) is 2. The van der Waals surface area contributed by atoms with Gasteiger partial charge in [-0.1, -0.05) is 30.3 Å². The molecule has 3 aromatic heterocycles. The first kappa shape index (κ1) is 21.0. The molecule has 1 unspecified atom stereocenters. The van der Waals surface area contributed by atoms with Crippen molar-refractivity contribution < 1.29 is 4.79 Å². The quantitative estimate of drug-likeness (QED) is 0.414. The van der Waals surface area contributed by atoms with E-state index < -0.39 is 0 Å². The zero-order valence-electron chi connectivity index (χ0n) is 17.4. The van der Waals surface area contributed by atoms with Gasteiger partial charge in [-0.15, -0.1) is 0 Å². The molecule has 7 nitrogen and oxygen atoms in total. The van der Waals surface area contributed by atoms with Gasteiger partial charge in [0, 0.05) is 11.3 Å². The van der Waals surface area contributed by atoms with Crippen molar-refractivity contribution in [2.75, 3.05) is 0 Å². The number of aromatic nitrogens is 4. The summed E-state index contributed by atoms with van der Waals surface area (Å²) in [5, 5.41) is 7.48. The summed E-state index contributed by atoms with van der Waals surface area (Å²) in [5.41, 5.74) is 4.00. The maximum atomic E-state index is 13.8. The summed E-state index contributed by atoms with van der Waals surface area (Å²) in [6, 6.07) is 13.1. The Hall–Kier alpha value is -3.26. The molecule has 158 valence electrons. The van der Waals surface area contributed by atoms with Crippen molar-refractivity contribution >= 4 is 32.9 Å². The number of carbonyl (C=O) groups excluding carboxylic acids is 1. The van der Waals surface area contributed by atoms with Crippen LogP contribution in [0.3, 0.4) is 0 Å². The average molecular weight is 480 g/mol. The molecule has 4 rings (SSSR count). The third kappa shape index (κ3) is 4.16. The van der Waals surface area contributed by atoms with E-state index in [2.05, 4.69) is 36.1 Å². The van der Waals surface area contributed by atoms with Crippen LogP contribution in [0, 0.1) is 13.8 Å². The molecule has 1 amide bonds. The number of amides is 1. The van der Waals surface area contributed by atoms with Gasteiger partial charge in [0.2, 0.25) is 0 Å². The van der Waals surface area contributed by atoms with Crippen LogP contribution in [-0.2, 0) is 6.54 Å². The fourth-order valence-electron chi connectivity index (χ4n) is 3.77. The van der Waals surface area contributed by atoms with Crippen LogP contribution in [0.5, 0.6) is 0 Å². The third-order valence-corrected chi connectivity index (χ3v) is 5.86. The number of nitrogens with zero attached hydrogens (tertiary/aromatic N) is 3. The number of halogens is 1. The van der Waals surface area contributed by atoms with Crippen LogP contribution in [-0.4, -0.2) is 31.0 Å². The molecule has 0 aliphatic rings. The lowest BCUT2D eigenvalue weighted by molar-refractivity contribution is 0.0675. The fraction of sp³-hybridized carbons (Fsp3) is 0.217. The smallest absolute Gasteiger partial charge is 0.255 e. The van der Waals surface area contributed by atoms with Crippen molar-refractivity contribution in [3.63, 3.8) is 0 Å². The largest absolute Gasteiger partial charge is 0.327 e. The lowest BCUT2D eigenvalue weighted by Crippen LogP contribution is -2.35. The van der Waals surface area contributed by atoms with Gasteiger partial charge < -0.3 is 9.88 Å². The molecule has 1 atom stereocenters. The SMILES string of the molecule is Cc1cc(C)c(CN(C(=O)c2cc(Br)nc3[nH]ncc23)C(C)c2ccccc2)c(=O)[nH]1. The van der Waals surface area contributed by atoms with Gasteiger partial charge in [-0.3, -0.25) is 14.7 Å². The van der Waals surface area contributed by atoms with Crippen molar-refractivity contribution in [3.05, 3.63) is 91.6 Å². The number of rotatable bonds is 5. The van der Waals surface area contributed by atoms with E-state index in [1.807, 2.05) is 57.2 Å². The number of carbonyl (C=O) groups is 1. The highest BCUT2D eigenvalue weighted by Crippen LogP contribution is 2.28. The van der Waals surface area contributed by atoms with Crippen LogP contribution in [0.1, 0.15) is 45.7 Å². The first-order chi connectivity index (χ1) is 14.8. The van der Waals surface area contributed by atoms with Crippen LogP contribution in [0.25, 0.3) is 11.0 Å². The standard InChI is InChI=1S/C23H22BrN5O2/c1-13-9-14(2)26-22(30)19(13)12-29(15(3)16-7-5-4-6-8-16)23(31)17-10-20(24)27-21-18(17)11-25-28-21/h4-11,15H,12H2,1-3H3,(H,26,30)(H,25,27,28). The van der Waals surface area contributed by atoms with Gasteiger partial charge in [0.15, 0.2) is 5.65 Å². The van der Waals surface area contributed by atoms with Gasteiger partial charge >= 0.3 is 0 Å². The number of H-pyrrole nitrogens is 2. The molecule has 0 aliphatic heterocycles. The Labute approximate surface area is 187 Å². The van der Waals surface area contributed by atoms with E-state index in [1.165, 1.54) is 0 Å².